The van der Waals surface area contributed by atoms with Gasteiger partial charge in [-0.25, -0.2) is 5.43 Å². The van der Waals surface area contributed by atoms with Crippen molar-refractivity contribution in [3.05, 3.63) is 43.3 Å². The molecule has 1 amide bonds. The van der Waals surface area contributed by atoms with E-state index in [0.717, 1.165) is 36.1 Å². The molecule has 0 saturated heterocycles. The smallest absolute Gasteiger partial charge is 0.267 e. The zero-order valence-electron chi connectivity index (χ0n) is 15.4. The van der Waals surface area contributed by atoms with Gasteiger partial charge in [0.1, 0.15) is 0 Å². The number of carbonyl (C=O) groups is 1. The van der Waals surface area contributed by atoms with Gasteiger partial charge in [-0.15, -0.1) is 22.7 Å². The Morgan fingerprint density at radius 3 is 2.88 bits per heavy atom. The summed E-state index contributed by atoms with van der Waals surface area (Å²) in [7, 11) is 0. The second kappa shape index (κ2) is 7.42. The van der Waals surface area contributed by atoms with E-state index in [0.29, 0.717) is 11.3 Å². The average Bonchev–Trinajstić information content (AvgIpc) is 3.19. The fraction of sp³-hybridized carbons (Fsp3) is 0.500. The second-order valence-electron chi connectivity index (χ2n) is 7.71. The van der Waals surface area contributed by atoms with Crippen LogP contribution in [0.3, 0.4) is 0 Å². The van der Waals surface area contributed by atoms with E-state index in [1.54, 1.807) is 28.9 Å². The first-order valence-corrected chi connectivity index (χ1v) is 10.6. The van der Waals surface area contributed by atoms with Crippen LogP contribution in [-0.2, 0) is 19.3 Å². The molecule has 2 heterocycles. The number of aryl methyl sites for hydroxylation is 1. The minimum atomic E-state index is -0.0878. The van der Waals surface area contributed by atoms with E-state index in [4.69, 9.17) is 0 Å². The number of hydrogen-bond donors (Lipinski definition) is 1. The van der Waals surface area contributed by atoms with Crippen LogP contribution in [0.2, 0.25) is 0 Å². The molecule has 0 saturated carbocycles. The first-order chi connectivity index (χ1) is 11.9. The van der Waals surface area contributed by atoms with E-state index >= 15 is 0 Å². The zero-order valence-corrected chi connectivity index (χ0v) is 17.0. The highest BCUT2D eigenvalue weighted by atomic mass is 32.1. The van der Waals surface area contributed by atoms with Crippen molar-refractivity contribution in [3.8, 4) is 0 Å². The van der Waals surface area contributed by atoms with Crippen molar-refractivity contribution in [1.82, 2.24) is 5.43 Å². The molecule has 1 atom stereocenters. The van der Waals surface area contributed by atoms with E-state index in [9.17, 15) is 4.79 Å². The highest BCUT2D eigenvalue weighted by Gasteiger charge is 2.31. The third-order valence-electron chi connectivity index (χ3n) is 5.01. The third kappa shape index (κ3) is 4.21. The Morgan fingerprint density at radius 2 is 2.20 bits per heavy atom. The highest BCUT2D eigenvalue weighted by Crippen LogP contribution is 2.40. The third-order valence-corrected chi connectivity index (χ3v) is 7.23. The minimum absolute atomic E-state index is 0.0878. The topological polar surface area (TPSA) is 41.5 Å². The molecule has 2 aromatic heterocycles. The lowest BCUT2D eigenvalue weighted by Crippen LogP contribution is -2.27. The summed E-state index contributed by atoms with van der Waals surface area (Å²) in [5.74, 6) is 0.606. The maximum Gasteiger partial charge on any atom is 0.272 e. The maximum absolute atomic E-state index is 12.5. The SMILES string of the molecule is CCc1ccc(/C=N\NC(=O)c2csc3c2CC[C@H](C(C)(C)C)C3)s1. The van der Waals surface area contributed by atoms with Gasteiger partial charge in [-0.1, -0.05) is 27.7 Å². The molecule has 0 bridgehead atoms. The van der Waals surface area contributed by atoms with Crippen LogP contribution >= 0.6 is 22.7 Å². The Kier molecular flexibility index (Phi) is 5.44. The molecule has 2 aromatic rings. The van der Waals surface area contributed by atoms with Gasteiger partial charge in [-0.05, 0) is 54.7 Å². The van der Waals surface area contributed by atoms with Crippen molar-refractivity contribution in [2.75, 3.05) is 0 Å². The van der Waals surface area contributed by atoms with Crippen LogP contribution in [-0.4, -0.2) is 12.1 Å². The van der Waals surface area contributed by atoms with Crippen LogP contribution in [0.1, 0.15) is 64.7 Å². The molecular formula is C20H26N2OS2. The van der Waals surface area contributed by atoms with Crippen molar-refractivity contribution in [1.29, 1.82) is 0 Å². The van der Waals surface area contributed by atoms with Crippen molar-refractivity contribution in [2.45, 2.75) is 53.4 Å². The number of hydrazone groups is 1. The molecule has 3 rings (SSSR count). The van der Waals surface area contributed by atoms with E-state index in [-0.39, 0.29) is 5.91 Å². The normalized spacial score (nSPS) is 17.7. The number of nitrogens with one attached hydrogen (secondary N) is 1. The fourth-order valence-corrected chi connectivity index (χ4v) is 5.30. The Morgan fingerprint density at radius 1 is 1.40 bits per heavy atom. The molecule has 0 aliphatic heterocycles. The molecule has 25 heavy (non-hydrogen) atoms. The van der Waals surface area contributed by atoms with Crippen LogP contribution in [0.15, 0.2) is 22.6 Å². The monoisotopic (exact) mass is 374 g/mol. The van der Waals surface area contributed by atoms with Crippen molar-refractivity contribution in [2.24, 2.45) is 16.4 Å². The number of amides is 1. The Balaban J connectivity index is 1.65. The lowest BCUT2D eigenvalue weighted by atomic mass is 9.72. The summed E-state index contributed by atoms with van der Waals surface area (Å²) in [5.41, 5.74) is 5.07. The standard InChI is InChI=1S/C20H26N2OS2/c1-5-14-7-8-15(25-14)11-21-22-19(23)17-12-24-18-10-13(20(2,3)4)6-9-16(17)18/h7-8,11-13H,5-6,9-10H2,1-4H3,(H,22,23)/b21-11-/t13-/m0/s1. The first kappa shape index (κ1) is 18.3. The predicted octanol–water partition coefficient (Wildman–Crippen LogP) is 5.29. The summed E-state index contributed by atoms with van der Waals surface area (Å²) in [4.78, 5) is 16.3. The molecule has 0 radical (unpaired) electrons. The molecule has 3 nitrogen and oxygen atoms in total. The van der Waals surface area contributed by atoms with Gasteiger partial charge in [0.05, 0.1) is 11.8 Å². The average molecular weight is 375 g/mol. The molecular weight excluding hydrogens is 348 g/mol. The van der Waals surface area contributed by atoms with Gasteiger partial charge in [0.25, 0.3) is 5.91 Å². The number of carbonyl (C=O) groups excluding carboxylic acids is 1. The van der Waals surface area contributed by atoms with Gasteiger partial charge in [-0.2, -0.15) is 5.10 Å². The Labute approximate surface area is 158 Å². The molecule has 134 valence electrons. The molecule has 1 aliphatic rings. The predicted molar refractivity (Wildman–Crippen MR) is 108 cm³/mol. The van der Waals surface area contributed by atoms with E-state index in [1.807, 2.05) is 11.4 Å². The fourth-order valence-electron chi connectivity index (χ4n) is 3.31. The van der Waals surface area contributed by atoms with Crippen molar-refractivity contribution >= 4 is 34.8 Å². The van der Waals surface area contributed by atoms with E-state index in [2.05, 4.69) is 44.3 Å². The van der Waals surface area contributed by atoms with Gasteiger partial charge < -0.3 is 0 Å². The van der Waals surface area contributed by atoms with Crippen LogP contribution in [0.25, 0.3) is 0 Å². The molecule has 5 heteroatoms. The quantitative estimate of drug-likeness (QED) is 0.573. The molecule has 0 fully saturated rings. The molecule has 0 aromatic carbocycles. The second-order valence-corrected chi connectivity index (χ2v) is 9.88. The highest BCUT2D eigenvalue weighted by molar-refractivity contribution is 7.13. The summed E-state index contributed by atoms with van der Waals surface area (Å²) in [6.45, 7) is 9.08. The molecule has 0 unspecified atom stereocenters. The van der Waals surface area contributed by atoms with Crippen LogP contribution in [0.5, 0.6) is 0 Å². The van der Waals surface area contributed by atoms with Crippen LogP contribution in [0, 0.1) is 11.3 Å². The molecule has 1 N–H and O–H groups in total. The summed E-state index contributed by atoms with van der Waals surface area (Å²) in [5, 5.41) is 6.14. The summed E-state index contributed by atoms with van der Waals surface area (Å²) in [6.07, 6.45) is 6.01. The van der Waals surface area contributed by atoms with E-state index in [1.165, 1.54) is 15.3 Å². The lowest BCUT2D eigenvalue weighted by molar-refractivity contribution is 0.0954. The number of nitrogens with zero attached hydrogens (tertiary/aromatic N) is 1. The Bertz CT molecular complexity index is 780. The van der Waals surface area contributed by atoms with Gasteiger partial charge in [-0.3, -0.25) is 4.79 Å². The lowest BCUT2D eigenvalue weighted by Gasteiger charge is -2.33. The molecule has 1 aliphatic carbocycles. The number of hydrogen-bond acceptors (Lipinski definition) is 4. The number of rotatable bonds is 4. The number of thiophene rings is 2. The van der Waals surface area contributed by atoms with Gasteiger partial charge >= 0.3 is 0 Å². The summed E-state index contributed by atoms with van der Waals surface area (Å²) >= 11 is 3.43. The van der Waals surface area contributed by atoms with Crippen molar-refractivity contribution in [3.63, 3.8) is 0 Å². The maximum atomic E-state index is 12.5. The van der Waals surface area contributed by atoms with E-state index < -0.39 is 0 Å². The number of fused-ring (bicyclic) bond motifs is 1. The zero-order chi connectivity index (χ0) is 18.0. The van der Waals surface area contributed by atoms with Gasteiger partial charge in [0.2, 0.25) is 0 Å². The summed E-state index contributed by atoms with van der Waals surface area (Å²) < 4.78 is 0. The van der Waals surface area contributed by atoms with Crippen LogP contribution < -0.4 is 5.43 Å². The Hall–Kier alpha value is -1.46. The van der Waals surface area contributed by atoms with Gasteiger partial charge in [0.15, 0.2) is 0 Å². The summed E-state index contributed by atoms with van der Waals surface area (Å²) in [6, 6.07) is 4.15. The van der Waals surface area contributed by atoms with Crippen LogP contribution in [0.4, 0.5) is 0 Å². The largest absolute Gasteiger partial charge is 0.272 e. The minimum Gasteiger partial charge on any atom is -0.267 e. The molecule has 0 spiro atoms. The van der Waals surface area contributed by atoms with Crippen molar-refractivity contribution < 1.29 is 4.79 Å². The first-order valence-electron chi connectivity index (χ1n) is 8.89. The van der Waals surface area contributed by atoms with Gasteiger partial charge in [0, 0.05) is 20.0 Å².